The predicted molar refractivity (Wildman–Crippen MR) is 202 cm³/mol. The van der Waals surface area contributed by atoms with Crippen LogP contribution in [-0.2, 0) is 0 Å². The Labute approximate surface area is 275 Å². The lowest BCUT2D eigenvalue weighted by molar-refractivity contribution is 0.669. The van der Waals surface area contributed by atoms with E-state index in [-0.39, 0.29) is 0 Å². The summed E-state index contributed by atoms with van der Waals surface area (Å²) in [6, 6.07) is 59.1. The van der Waals surface area contributed by atoms with E-state index >= 15 is 0 Å². The highest BCUT2D eigenvalue weighted by atomic mass is 32.1. The summed E-state index contributed by atoms with van der Waals surface area (Å²) in [5, 5.41) is 9.84. The molecule has 2 nitrogen and oxygen atoms in total. The zero-order chi connectivity index (χ0) is 30.9. The quantitative estimate of drug-likeness (QED) is 0.183. The summed E-state index contributed by atoms with van der Waals surface area (Å²) in [6.07, 6.45) is 0. The Bertz CT molecular complexity index is 2810. The van der Waals surface area contributed by atoms with Crippen LogP contribution in [0.4, 0.5) is 17.1 Å². The number of hydrogen-bond donors (Lipinski definition) is 0. The molecule has 220 valence electrons. The van der Waals surface area contributed by atoms with Gasteiger partial charge in [0, 0.05) is 53.8 Å². The van der Waals surface area contributed by atoms with Crippen molar-refractivity contribution >= 4 is 92.1 Å². The maximum Gasteiger partial charge on any atom is 0.137 e. The fourth-order valence-corrected chi connectivity index (χ4v) is 8.36. The number of benzene rings is 8. The third-order valence-electron chi connectivity index (χ3n) is 9.41. The van der Waals surface area contributed by atoms with Crippen molar-refractivity contribution in [3.05, 3.63) is 164 Å². The number of anilines is 3. The van der Waals surface area contributed by atoms with E-state index in [9.17, 15) is 0 Å². The fraction of sp³-hybridized carbons (Fsp3) is 0. The summed E-state index contributed by atoms with van der Waals surface area (Å²) in [7, 11) is 0. The third kappa shape index (κ3) is 4.17. The van der Waals surface area contributed by atoms with E-state index in [0.717, 1.165) is 39.0 Å². The number of thiophene rings is 1. The first-order chi connectivity index (χ1) is 23.3. The maximum absolute atomic E-state index is 6.42. The van der Waals surface area contributed by atoms with E-state index in [2.05, 4.69) is 157 Å². The van der Waals surface area contributed by atoms with Gasteiger partial charge in [0.2, 0.25) is 0 Å². The van der Waals surface area contributed by atoms with Crippen LogP contribution in [0.15, 0.2) is 168 Å². The normalized spacial score (nSPS) is 11.8. The van der Waals surface area contributed by atoms with E-state index < -0.39 is 0 Å². The van der Waals surface area contributed by atoms with Gasteiger partial charge in [0.05, 0.1) is 5.69 Å². The lowest BCUT2D eigenvalue weighted by atomic mass is 9.97. The first-order valence-corrected chi connectivity index (χ1v) is 16.7. The molecule has 0 fully saturated rings. The van der Waals surface area contributed by atoms with Gasteiger partial charge < -0.3 is 9.32 Å². The molecule has 0 atom stereocenters. The minimum absolute atomic E-state index is 0.880. The summed E-state index contributed by atoms with van der Waals surface area (Å²) >= 11 is 1.87. The van der Waals surface area contributed by atoms with Gasteiger partial charge in [-0.2, -0.15) is 0 Å². The molecular weight excluding hydrogens is 591 g/mol. The smallest absolute Gasteiger partial charge is 0.137 e. The lowest BCUT2D eigenvalue weighted by Gasteiger charge is -2.28. The summed E-state index contributed by atoms with van der Waals surface area (Å²) in [5.41, 5.74) is 7.43. The maximum atomic E-state index is 6.42. The average molecular weight is 618 g/mol. The Morgan fingerprint density at radius 3 is 2.09 bits per heavy atom. The molecule has 0 amide bonds. The molecule has 3 heteroatoms. The topological polar surface area (TPSA) is 16.4 Å². The number of furan rings is 1. The molecule has 0 spiro atoms. The molecule has 0 N–H and O–H groups in total. The molecule has 47 heavy (non-hydrogen) atoms. The van der Waals surface area contributed by atoms with E-state index in [1.807, 2.05) is 23.5 Å². The highest BCUT2D eigenvalue weighted by molar-refractivity contribution is 7.25. The Morgan fingerprint density at radius 2 is 1.15 bits per heavy atom. The molecule has 0 radical (unpaired) electrons. The van der Waals surface area contributed by atoms with Crippen LogP contribution in [-0.4, -0.2) is 0 Å². The largest absolute Gasteiger partial charge is 0.456 e. The van der Waals surface area contributed by atoms with E-state index in [0.29, 0.717) is 0 Å². The van der Waals surface area contributed by atoms with Gasteiger partial charge in [-0.3, -0.25) is 0 Å². The van der Waals surface area contributed by atoms with Crippen molar-refractivity contribution in [2.75, 3.05) is 4.90 Å². The number of hydrogen-bond acceptors (Lipinski definition) is 3. The number of nitrogens with zero attached hydrogens (tertiary/aromatic N) is 1. The molecule has 10 rings (SSSR count). The van der Waals surface area contributed by atoms with Crippen LogP contribution in [0.3, 0.4) is 0 Å². The van der Waals surface area contributed by atoms with Crippen molar-refractivity contribution in [2.45, 2.75) is 0 Å². The van der Waals surface area contributed by atoms with Crippen LogP contribution in [0.5, 0.6) is 0 Å². The van der Waals surface area contributed by atoms with Crippen molar-refractivity contribution in [3.8, 4) is 11.1 Å². The lowest BCUT2D eigenvalue weighted by Crippen LogP contribution is -2.10. The van der Waals surface area contributed by atoms with E-state index in [1.165, 1.54) is 52.8 Å². The van der Waals surface area contributed by atoms with Gasteiger partial charge in [-0.25, -0.2) is 0 Å². The Balaban J connectivity index is 1.27. The Hall–Kier alpha value is -5.90. The molecule has 0 bridgehead atoms. The molecule has 2 heterocycles. The molecule has 2 aromatic heterocycles. The zero-order valence-corrected chi connectivity index (χ0v) is 26.2. The number of fused-ring (bicyclic) bond motifs is 9. The second-order valence-electron chi connectivity index (χ2n) is 12.1. The van der Waals surface area contributed by atoms with Crippen molar-refractivity contribution in [3.63, 3.8) is 0 Å². The van der Waals surface area contributed by atoms with E-state index in [1.54, 1.807) is 0 Å². The van der Waals surface area contributed by atoms with Crippen LogP contribution >= 0.6 is 11.3 Å². The standard InChI is InChI=1S/C44H27NOS/c1-2-10-28(11-3-1)30-13-8-14-32(24-30)45(33-22-23-35-34-15-4-6-18-40(34)46-41(35)26-33)39-17-9-12-29-20-21-31-25-38-36-16-5-7-19-42(36)47-43(38)27-37(31)44(29)39/h1-27H. The second kappa shape index (κ2) is 10.3. The third-order valence-corrected chi connectivity index (χ3v) is 10.5. The highest BCUT2D eigenvalue weighted by Crippen LogP contribution is 2.45. The van der Waals surface area contributed by atoms with Gasteiger partial charge in [-0.15, -0.1) is 11.3 Å². The predicted octanol–water partition coefficient (Wildman–Crippen LogP) is 13.4. The highest BCUT2D eigenvalue weighted by Gasteiger charge is 2.20. The van der Waals surface area contributed by atoms with E-state index in [4.69, 9.17) is 4.42 Å². The molecular formula is C44H27NOS. The molecule has 10 aromatic rings. The van der Waals surface area contributed by atoms with Crippen molar-refractivity contribution in [2.24, 2.45) is 0 Å². The minimum atomic E-state index is 0.880. The van der Waals surface area contributed by atoms with Gasteiger partial charge in [0.1, 0.15) is 11.2 Å². The molecule has 0 aliphatic rings. The number of para-hydroxylation sites is 1. The Kier molecular flexibility index (Phi) is 5.78. The second-order valence-corrected chi connectivity index (χ2v) is 13.2. The summed E-state index contributed by atoms with van der Waals surface area (Å²) in [5.74, 6) is 0. The summed E-state index contributed by atoms with van der Waals surface area (Å²) < 4.78 is 9.05. The van der Waals surface area contributed by atoms with Crippen LogP contribution in [0.25, 0.3) is 74.8 Å². The fourth-order valence-electron chi connectivity index (χ4n) is 7.23. The molecule has 0 unspecified atom stereocenters. The van der Waals surface area contributed by atoms with Crippen LogP contribution in [0, 0.1) is 0 Å². The van der Waals surface area contributed by atoms with Gasteiger partial charge in [-0.05, 0) is 81.9 Å². The minimum Gasteiger partial charge on any atom is -0.456 e. The van der Waals surface area contributed by atoms with Crippen molar-refractivity contribution < 1.29 is 4.42 Å². The first kappa shape index (κ1) is 26.3. The monoisotopic (exact) mass is 617 g/mol. The zero-order valence-electron chi connectivity index (χ0n) is 25.4. The van der Waals surface area contributed by atoms with Crippen LogP contribution < -0.4 is 4.90 Å². The van der Waals surface area contributed by atoms with Crippen LogP contribution in [0.2, 0.25) is 0 Å². The average Bonchev–Trinajstić information content (AvgIpc) is 3.69. The Morgan fingerprint density at radius 1 is 0.404 bits per heavy atom. The van der Waals surface area contributed by atoms with Crippen LogP contribution in [0.1, 0.15) is 0 Å². The summed E-state index contributed by atoms with van der Waals surface area (Å²) in [6.45, 7) is 0. The molecule has 0 aliphatic carbocycles. The molecule has 0 saturated carbocycles. The summed E-state index contributed by atoms with van der Waals surface area (Å²) in [4.78, 5) is 2.40. The van der Waals surface area contributed by atoms with Crippen molar-refractivity contribution in [1.29, 1.82) is 0 Å². The molecule has 0 saturated heterocycles. The number of rotatable bonds is 4. The van der Waals surface area contributed by atoms with Crippen molar-refractivity contribution in [1.82, 2.24) is 0 Å². The molecule has 0 aliphatic heterocycles. The van der Waals surface area contributed by atoms with Gasteiger partial charge in [0.25, 0.3) is 0 Å². The van der Waals surface area contributed by atoms with Gasteiger partial charge >= 0.3 is 0 Å². The van der Waals surface area contributed by atoms with Gasteiger partial charge in [0.15, 0.2) is 0 Å². The first-order valence-electron chi connectivity index (χ1n) is 15.9. The molecule has 8 aromatic carbocycles. The SMILES string of the molecule is c1ccc(-c2cccc(N(c3ccc4c(c3)oc3ccccc34)c3cccc4ccc5cc6c(cc5c34)sc3ccccc36)c2)cc1. The van der Waals surface area contributed by atoms with Gasteiger partial charge in [-0.1, -0.05) is 103 Å².